The molecule has 1 unspecified atom stereocenters. The fourth-order valence-corrected chi connectivity index (χ4v) is 6.06. The molecule has 0 radical (unpaired) electrons. The van der Waals surface area contributed by atoms with Gasteiger partial charge in [0.25, 0.3) is 10.0 Å². The molecule has 1 aliphatic heterocycles. The lowest BCUT2D eigenvalue weighted by molar-refractivity contribution is 0.242. The highest BCUT2D eigenvalue weighted by Crippen LogP contribution is 2.28. The fraction of sp³-hybridized carbons (Fsp3) is 0.692. The summed E-state index contributed by atoms with van der Waals surface area (Å²) in [5.41, 5.74) is 0. The Morgan fingerprint density at radius 1 is 1.32 bits per heavy atom. The minimum atomic E-state index is -3.46. The predicted molar refractivity (Wildman–Crippen MR) is 87.9 cm³/mol. The van der Waals surface area contributed by atoms with Gasteiger partial charge in [-0.15, -0.1) is 11.3 Å². The Bertz CT molecular complexity index is 668. The summed E-state index contributed by atoms with van der Waals surface area (Å²) in [7, 11) is -6.70. The maximum Gasteiger partial charge on any atom is 0.252 e. The molecule has 1 aliphatic rings. The maximum absolute atomic E-state index is 12.7. The van der Waals surface area contributed by atoms with Crippen LogP contribution in [0, 0.1) is 0 Å². The van der Waals surface area contributed by atoms with Gasteiger partial charge in [0.2, 0.25) is 10.0 Å². The molecule has 0 aliphatic carbocycles. The molecule has 0 amide bonds. The summed E-state index contributed by atoms with van der Waals surface area (Å²) in [6, 6.07) is 3.21. The molecule has 1 atom stereocenters. The minimum absolute atomic E-state index is 0.0366. The van der Waals surface area contributed by atoms with Gasteiger partial charge in [0.15, 0.2) is 0 Å². The molecule has 1 fully saturated rings. The van der Waals surface area contributed by atoms with Crippen LogP contribution >= 0.6 is 11.3 Å². The highest BCUT2D eigenvalue weighted by Gasteiger charge is 2.33. The van der Waals surface area contributed by atoms with Crippen molar-refractivity contribution in [2.24, 2.45) is 0 Å². The van der Waals surface area contributed by atoms with Gasteiger partial charge in [0.05, 0.1) is 5.75 Å². The number of nitrogens with one attached hydrogen (secondary N) is 1. The molecule has 9 heteroatoms. The predicted octanol–water partition coefficient (Wildman–Crippen LogP) is 1.62. The normalized spacial score (nSPS) is 21.0. The first-order chi connectivity index (χ1) is 10.4. The van der Waals surface area contributed by atoms with Gasteiger partial charge in [-0.05, 0) is 37.6 Å². The Labute approximate surface area is 136 Å². The molecule has 1 saturated heterocycles. The molecule has 0 bridgehead atoms. The molecule has 1 N–H and O–H groups in total. The number of nitrogens with zero attached hydrogens (tertiary/aromatic N) is 1. The summed E-state index contributed by atoms with van der Waals surface area (Å²) >= 11 is 1.22. The molecule has 0 aromatic carbocycles. The number of thiophene rings is 1. The summed E-state index contributed by atoms with van der Waals surface area (Å²) in [5, 5.41) is 1.75. The van der Waals surface area contributed by atoms with Crippen LogP contribution in [0.15, 0.2) is 21.7 Å². The van der Waals surface area contributed by atoms with Gasteiger partial charge in [-0.25, -0.2) is 21.6 Å². The van der Waals surface area contributed by atoms with Gasteiger partial charge in [-0.1, -0.05) is 12.5 Å². The van der Waals surface area contributed by atoms with Crippen LogP contribution < -0.4 is 4.72 Å². The first-order valence-corrected chi connectivity index (χ1v) is 11.4. The molecule has 0 spiro atoms. The molecule has 126 valence electrons. The number of hydrogen-bond acceptors (Lipinski definition) is 5. The number of hydrogen-bond donors (Lipinski definition) is 1. The van der Waals surface area contributed by atoms with E-state index in [9.17, 15) is 16.8 Å². The van der Waals surface area contributed by atoms with Crippen molar-refractivity contribution in [1.29, 1.82) is 0 Å². The van der Waals surface area contributed by atoms with Crippen LogP contribution in [-0.4, -0.2) is 46.0 Å². The van der Waals surface area contributed by atoms with E-state index in [0.717, 1.165) is 19.3 Å². The van der Waals surface area contributed by atoms with Crippen LogP contribution in [0.25, 0.3) is 0 Å². The summed E-state index contributed by atoms with van der Waals surface area (Å²) in [4.78, 5) is 0. The van der Waals surface area contributed by atoms with Crippen molar-refractivity contribution in [3.8, 4) is 0 Å². The average Bonchev–Trinajstić information content (AvgIpc) is 3.02. The lowest BCUT2D eigenvalue weighted by Gasteiger charge is -2.34. The van der Waals surface area contributed by atoms with Crippen molar-refractivity contribution in [1.82, 2.24) is 9.03 Å². The Hall–Kier alpha value is -0.480. The second kappa shape index (κ2) is 7.39. The average molecular weight is 367 g/mol. The van der Waals surface area contributed by atoms with Gasteiger partial charge in [0, 0.05) is 19.1 Å². The van der Waals surface area contributed by atoms with Crippen molar-refractivity contribution in [3.63, 3.8) is 0 Å². The Kier molecular flexibility index (Phi) is 6.00. The lowest BCUT2D eigenvalue weighted by Crippen LogP contribution is -2.45. The molecule has 1 aromatic heterocycles. The summed E-state index contributed by atoms with van der Waals surface area (Å²) in [5.74, 6) is 0.0366. The second-order valence-corrected chi connectivity index (χ2v) is 10.4. The maximum atomic E-state index is 12.7. The van der Waals surface area contributed by atoms with Crippen molar-refractivity contribution in [3.05, 3.63) is 17.5 Å². The van der Waals surface area contributed by atoms with E-state index in [4.69, 9.17) is 0 Å². The molecule has 22 heavy (non-hydrogen) atoms. The highest BCUT2D eigenvalue weighted by molar-refractivity contribution is 7.91. The molecule has 1 aromatic rings. The van der Waals surface area contributed by atoms with E-state index in [1.54, 1.807) is 28.7 Å². The van der Waals surface area contributed by atoms with Crippen molar-refractivity contribution < 1.29 is 16.8 Å². The molecule has 0 saturated carbocycles. The number of sulfonamides is 2. The van der Waals surface area contributed by atoms with E-state index in [1.807, 2.05) is 0 Å². The third-order valence-corrected chi connectivity index (χ3v) is 8.54. The van der Waals surface area contributed by atoms with E-state index in [2.05, 4.69) is 4.72 Å². The van der Waals surface area contributed by atoms with E-state index in [-0.39, 0.29) is 18.3 Å². The zero-order chi connectivity index (χ0) is 16.2. The third-order valence-electron chi connectivity index (χ3n) is 3.81. The van der Waals surface area contributed by atoms with Gasteiger partial charge in [-0.3, -0.25) is 0 Å². The highest BCUT2D eigenvalue weighted by atomic mass is 32.2. The van der Waals surface area contributed by atoms with Crippen molar-refractivity contribution in [2.75, 3.05) is 18.8 Å². The van der Waals surface area contributed by atoms with Gasteiger partial charge in [-0.2, -0.15) is 4.31 Å². The standard InChI is InChI=1S/C13H22N2O4S3/c1-2-21(16,17)14-9-8-12-6-3-4-10-15(12)22(18,19)13-7-5-11-20-13/h5,7,11-12,14H,2-4,6,8-10H2,1H3. The van der Waals surface area contributed by atoms with Crippen LogP contribution in [0.3, 0.4) is 0 Å². The largest absolute Gasteiger partial charge is 0.252 e. The lowest BCUT2D eigenvalue weighted by atomic mass is 10.0. The quantitative estimate of drug-likeness (QED) is 0.795. The molecule has 6 nitrogen and oxygen atoms in total. The number of rotatable bonds is 7. The van der Waals surface area contributed by atoms with Crippen molar-refractivity contribution >= 4 is 31.4 Å². The van der Waals surface area contributed by atoms with E-state index in [1.165, 1.54) is 11.3 Å². The Balaban J connectivity index is 2.06. The first-order valence-electron chi connectivity index (χ1n) is 7.39. The van der Waals surface area contributed by atoms with Gasteiger partial charge >= 0.3 is 0 Å². The zero-order valence-electron chi connectivity index (χ0n) is 12.6. The SMILES string of the molecule is CCS(=O)(=O)NCCC1CCCCN1S(=O)(=O)c1cccs1. The Morgan fingerprint density at radius 2 is 2.09 bits per heavy atom. The van der Waals surface area contributed by atoms with E-state index < -0.39 is 20.0 Å². The van der Waals surface area contributed by atoms with E-state index in [0.29, 0.717) is 17.2 Å². The van der Waals surface area contributed by atoms with Gasteiger partial charge in [0.1, 0.15) is 4.21 Å². The summed E-state index contributed by atoms with van der Waals surface area (Å²) in [6.07, 6.45) is 3.10. The smallest absolute Gasteiger partial charge is 0.215 e. The van der Waals surface area contributed by atoms with Crippen LogP contribution in [0.1, 0.15) is 32.6 Å². The van der Waals surface area contributed by atoms with Crippen LogP contribution in [0.5, 0.6) is 0 Å². The minimum Gasteiger partial charge on any atom is -0.215 e. The molecular weight excluding hydrogens is 344 g/mol. The number of piperidine rings is 1. The van der Waals surface area contributed by atoms with Gasteiger partial charge < -0.3 is 0 Å². The fourth-order valence-electron chi connectivity index (χ4n) is 2.59. The van der Waals surface area contributed by atoms with Crippen molar-refractivity contribution in [2.45, 2.75) is 42.9 Å². The summed E-state index contributed by atoms with van der Waals surface area (Å²) in [6.45, 7) is 2.36. The van der Waals surface area contributed by atoms with Crippen LogP contribution in [0.2, 0.25) is 0 Å². The topological polar surface area (TPSA) is 83.6 Å². The van der Waals surface area contributed by atoms with E-state index >= 15 is 0 Å². The van der Waals surface area contributed by atoms with Crippen LogP contribution in [-0.2, 0) is 20.0 Å². The zero-order valence-corrected chi connectivity index (χ0v) is 15.0. The van der Waals surface area contributed by atoms with Crippen LogP contribution in [0.4, 0.5) is 0 Å². The molecule has 2 heterocycles. The Morgan fingerprint density at radius 3 is 2.73 bits per heavy atom. The second-order valence-electron chi connectivity index (χ2n) is 5.28. The third kappa shape index (κ3) is 4.29. The molecular formula is C13H22N2O4S3. The first kappa shape index (κ1) is 17.9. The summed E-state index contributed by atoms with van der Waals surface area (Å²) < 4.78 is 52.7. The molecule has 2 rings (SSSR count). The monoisotopic (exact) mass is 366 g/mol.